The summed E-state index contributed by atoms with van der Waals surface area (Å²) in [6.07, 6.45) is 6.50. The standard InChI is InChI=1S/C22H27ClN2O2/c1-25(18-10-3-2-4-11-18)15-17-9-5-7-13-20(17)24-22(26)16-27-21-14-8-6-12-19(21)23/h5-9,12-14,18H,2-4,10-11,15-16H2,1H3,(H,24,26). The van der Waals surface area contributed by atoms with E-state index in [1.54, 1.807) is 12.1 Å². The number of nitrogens with zero attached hydrogens (tertiary/aromatic N) is 1. The van der Waals surface area contributed by atoms with E-state index in [1.807, 2.05) is 30.3 Å². The Morgan fingerprint density at radius 3 is 2.59 bits per heavy atom. The molecule has 1 N–H and O–H groups in total. The van der Waals surface area contributed by atoms with Gasteiger partial charge >= 0.3 is 0 Å². The van der Waals surface area contributed by atoms with Gasteiger partial charge in [0.25, 0.3) is 5.91 Å². The van der Waals surface area contributed by atoms with Gasteiger partial charge in [-0.3, -0.25) is 9.69 Å². The number of anilines is 1. The number of para-hydroxylation sites is 2. The molecule has 5 heteroatoms. The summed E-state index contributed by atoms with van der Waals surface area (Å²) in [4.78, 5) is 14.8. The summed E-state index contributed by atoms with van der Waals surface area (Å²) >= 11 is 6.06. The van der Waals surface area contributed by atoms with Gasteiger partial charge in [-0.05, 0) is 43.7 Å². The van der Waals surface area contributed by atoms with Crippen molar-refractivity contribution in [3.05, 3.63) is 59.1 Å². The van der Waals surface area contributed by atoms with Crippen LogP contribution < -0.4 is 10.1 Å². The molecule has 1 saturated carbocycles. The van der Waals surface area contributed by atoms with Gasteiger partial charge < -0.3 is 10.1 Å². The van der Waals surface area contributed by atoms with Crippen LogP contribution >= 0.6 is 11.6 Å². The number of carbonyl (C=O) groups excluding carboxylic acids is 1. The molecule has 2 aromatic rings. The Morgan fingerprint density at radius 1 is 1.11 bits per heavy atom. The first-order valence-corrected chi connectivity index (χ1v) is 9.96. The fraction of sp³-hybridized carbons (Fsp3) is 0.409. The number of hydrogen-bond donors (Lipinski definition) is 1. The highest BCUT2D eigenvalue weighted by molar-refractivity contribution is 6.32. The Kier molecular flexibility index (Phi) is 7.13. The summed E-state index contributed by atoms with van der Waals surface area (Å²) in [5.74, 6) is 0.322. The van der Waals surface area contributed by atoms with Crippen molar-refractivity contribution in [1.29, 1.82) is 0 Å². The maximum absolute atomic E-state index is 12.3. The number of nitrogens with one attached hydrogen (secondary N) is 1. The first kappa shape index (κ1) is 19.7. The van der Waals surface area contributed by atoms with Gasteiger partial charge in [0.05, 0.1) is 5.02 Å². The molecule has 4 nitrogen and oxygen atoms in total. The molecule has 0 bridgehead atoms. The predicted molar refractivity (Wildman–Crippen MR) is 110 cm³/mol. The number of hydrogen-bond acceptors (Lipinski definition) is 3. The zero-order valence-electron chi connectivity index (χ0n) is 15.8. The largest absolute Gasteiger partial charge is 0.482 e. The van der Waals surface area contributed by atoms with Gasteiger partial charge in [0, 0.05) is 18.3 Å². The molecule has 0 saturated heterocycles. The monoisotopic (exact) mass is 386 g/mol. The maximum atomic E-state index is 12.3. The molecule has 0 atom stereocenters. The van der Waals surface area contributed by atoms with Crippen molar-refractivity contribution >= 4 is 23.2 Å². The highest BCUT2D eigenvalue weighted by Crippen LogP contribution is 2.25. The molecule has 1 aliphatic rings. The van der Waals surface area contributed by atoms with E-state index >= 15 is 0 Å². The van der Waals surface area contributed by atoms with Crippen LogP contribution in [0.2, 0.25) is 5.02 Å². The third kappa shape index (κ3) is 5.72. The van der Waals surface area contributed by atoms with Gasteiger partial charge in [-0.1, -0.05) is 61.2 Å². The van der Waals surface area contributed by atoms with E-state index in [0.29, 0.717) is 16.8 Å². The molecule has 1 amide bonds. The van der Waals surface area contributed by atoms with Crippen molar-refractivity contribution in [2.75, 3.05) is 19.0 Å². The van der Waals surface area contributed by atoms with Crippen LogP contribution in [0.3, 0.4) is 0 Å². The molecule has 0 aromatic heterocycles. The number of amides is 1. The predicted octanol–water partition coefficient (Wildman–Crippen LogP) is 5.12. The van der Waals surface area contributed by atoms with Crippen molar-refractivity contribution in [2.24, 2.45) is 0 Å². The minimum Gasteiger partial charge on any atom is -0.482 e. The van der Waals surface area contributed by atoms with Crippen LogP contribution in [0, 0.1) is 0 Å². The summed E-state index contributed by atoms with van der Waals surface area (Å²) in [5.41, 5.74) is 1.96. The van der Waals surface area contributed by atoms with Gasteiger partial charge in [0.1, 0.15) is 5.75 Å². The summed E-state index contributed by atoms with van der Waals surface area (Å²) in [5, 5.41) is 3.47. The van der Waals surface area contributed by atoms with Crippen molar-refractivity contribution in [3.63, 3.8) is 0 Å². The SMILES string of the molecule is CN(Cc1ccccc1NC(=O)COc1ccccc1Cl)C1CCCCC1. The highest BCUT2D eigenvalue weighted by Gasteiger charge is 2.19. The molecular formula is C22H27ClN2O2. The number of halogens is 1. The minimum absolute atomic E-state index is 0.0729. The van der Waals surface area contributed by atoms with E-state index in [4.69, 9.17) is 16.3 Å². The zero-order valence-corrected chi connectivity index (χ0v) is 16.5. The van der Waals surface area contributed by atoms with Gasteiger partial charge in [-0.2, -0.15) is 0 Å². The first-order chi connectivity index (χ1) is 13.1. The van der Waals surface area contributed by atoms with E-state index in [0.717, 1.165) is 17.8 Å². The molecule has 0 unspecified atom stereocenters. The van der Waals surface area contributed by atoms with Crippen LogP contribution in [0.25, 0.3) is 0 Å². The average Bonchev–Trinajstić information content (AvgIpc) is 2.69. The lowest BCUT2D eigenvalue weighted by Gasteiger charge is -2.31. The van der Waals surface area contributed by atoms with Gasteiger partial charge in [-0.25, -0.2) is 0 Å². The number of rotatable bonds is 7. The lowest BCUT2D eigenvalue weighted by molar-refractivity contribution is -0.118. The van der Waals surface area contributed by atoms with E-state index in [9.17, 15) is 4.79 Å². The van der Waals surface area contributed by atoms with E-state index in [-0.39, 0.29) is 12.5 Å². The summed E-state index contributed by atoms with van der Waals surface area (Å²) in [6, 6.07) is 15.7. The fourth-order valence-corrected chi connectivity index (χ4v) is 3.78. The van der Waals surface area contributed by atoms with Gasteiger partial charge in [0.2, 0.25) is 0 Å². The molecule has 1 fully saturated rings. The zero-order chi connectivity index (χ0) is 19.1. The second-order valence-electron chi connectivity index (χ2n) is 7.13. The second kappa shape index (κ2) is 9.77. The smallest absolute Gasteiger partial charge is 0.262 e. The highest BCUT2D eigenvalue weighted by atomic mass is 35.5. The number of carbonyl (C=O) groups is 1. The molecule has 0 heterocycles. The Balaban J connectivity index is 1.58. The molecule has 144 valence electrons. The van der Waals surface area contributed by atoms with Crippen molar-refractivity contribution in [3.8, 4) is 5.75 Å². The van der Waals surface area contributed by atoms with Crippen LogP contribution in [0.1, 0.15) is 37.7 Å². The summed E-state index contributed by atoms with van der Waals surface area (Å²) < 4.78 is 5.53. The van der Waals surface area contributed by atoms with Crippen LogP contribution in [-0.2, 0) is 11.3 Å². The topological polar surface area (TPSA) is 41.6 Å². The average molecular weight is 387 g/mol. The van der Waals surface area contributed by atoms with E-state index in [2.05, 4.69) is 23.3 Å². The first-order valence-electron chi connectivity index (χ1n) is 9.59. The normalized spacial score (nSPS) is 14.9. The third-order valence-electron chi connectivity index (χ3n) is 5.10. The fourth-order valence-electron chi connectivity index (χ4n) is 3.59. The molecule has 1 aliphatic carbocycles. The molecule has 2 aromatic carbocycles. The molecule has 27 heavy (non-hydrogen) atoms. The van der Waals surface area contributed by atoms with Crippen LogP contribution in [0.15, 0.2) is 48.5 Å². The molecule has 0 spiro atoms. The molecule has 0 aliphatic heterocycles. The Hall–Kier alpha value is -2.04. The van der Waals surface area contributed by atoms with Crippen molar-refractivity contribution in [2.45, 2.75) is 44.7 Å². The molecular weight excluding hydrogens is 360 g/mol. The Bertz CT molecular complexity index is 759. The number of benzene rings is 2. The quantitative estimate of drug-likeness (QED) is 0.717. The Labute approximate surface area is 166 Å². The summed E-state index contributed by atoms with van der Waals surface area (Å²) in [7, 11) is 2.18. The Morgan fingerprint density at radius 2 is 1.81 bits per heavy atom. The van der Waals surface area contributed by atoms with Crippen LogP contribution in [0.4, 0.5) is 5.69 Å². The van der Waals surface area contributed by atoms with Crippen LogP contribution in [0.5, 0.6) is 5.75 Å². The summed E-state index contributed by atoms with van der Waals surface area (Å²) in [6.45, 7) is 0.753. The maximum Gasteiger partial charge on any atom is 0.262 e. The third-order valence-corrected chi connectivity index (χ3v) is 5.42. The van der Waals surface area contributed by atoms with Crippen LogP contribution in [-0.4, -0.2) is 30.5 Å². The van der Waals surface area contributed by atoms with Gasteiger partial charge in [-0.15, -0.1) is 0 Å². The van der Waals surface area contributed by atoms with Crippen molar-refractivity contribution < 1.29 is 9.53 Å². The lowest BCUT2D eigenvalue weighted by atomic mass is 9.94. The second-order valence-corrected chi connectivity index (χ2v) is 7.54. The molecule has 0 radical (unpaired) electrons. The van der Waals surface area contributed by atoms with Gasteiger partial charge in [0.15, 0.2) is 6.61 Å². The van der Waals surface area contributed by atoms with E-state index < -0.39 is 0 Å². The van der Waals surface area contributed by atoms with Crippen molar-refractivity contribution in [1.82, 2.24) is 4.90 Å². The van der Waals surface area contributed by atoms with E-state index in [1.165, 1.54) is 32.1 Å². The lowest BCUT2D eigenvalue weighted by Crippen LogP contribution is -2.33. The number of ether oxygens (including phenoxy) is 1. The minimum atomic E-state index is -0.192. The molecule has 3 rings (SSSR count).